The number of nitrogens with zero attached hydrogens (tertiary/aromatic N) is 1. The van der Waals surface area contributed by atoms with Crippen molar-refractivity contribution in [2.24, 2.45) is 0 Å². The fourth-order valence-corrected chi connectivity index (χ4v) is 6.13. The summed E-state index contributed by atoms with van der Waals surface area (Å²) < 4.78 is 23.6. The predicted octanol–water partition coefficient (Wildman–Crippen LogP) is 3.04. The van der Waals surface area contributed by atoms with Crippen molar-refractivity contribution in [1.29, 1.82) is 0 Å². The molecule has 1 aromatic heterocycles. The quantitative estimate of drug-likeness (QED) is 0.139. The molecule has 1 aliphatic heterocycles. The first-order valence-corrected chi connectivity index (χ1v) is 19.0. The van der Waals surface area contributed by atoms with Crippen LogP contribution in [0.1, 0.15) is 73.6 Å². The number of benzene rings is 2. The Morgan fingerprint density at radius 3 is 1.91 bits per heavy atom. The first-order chi connectivity index (χ1) is 26.9. The fraction of sp³-hybridized carbons (Fsp3) is 0.537. The molecule has 1 saturated heterocycles. The number of para-hydroxylation sites is 1. The van der Waals surface area contributed by atoms with Crippen molar-refractivity contribution in [1.82, 2.24) is 25.8 Å². The summed E-state index contributed by atoms with van der Waals surface area (Å²) in [5.41, 5.74) is -1.23. The van der Waals surface area contributed by atoms with Gasteiger partial charge in [0.2, 0.25) is 11.8 Å². The molecule has 0 bridgehead atoms. The third kappa shape index (κ3) is 12.9. The van der Waals surface area contributed by atoms with E-state index in [0.717, 1.165) is 5.56 Å². The molecule has 2 unspecified atom stereocenters. The van der Waals surface area contributed by atoms with E-state index in [4.69, 9.17) is 18.9 Å². The number of aliphatic hydroxyl groups excluding tert-OH is 3. The molecule has 3 aromatic rings. The average Bonchev–Trinajstić information content (AvgIpc) is 3.48. The van der Waals surface area contributed by atoms with Crippen LogP contribution in [0.3, 0.4) is 0 Å². The molecular formula is C41H57N5O12. The maximum Gasteiger partial charge on any atom is 0.419 e. The van der Waals surface area contributed by atoms with Gasteiger partial charge in [-0.1, -0.05) is 48.5 Å². The van der Waals surface area contributed by atoms with Crippen LogP contribution in [0.5, 0.6) is 0 Å². The van der Waals surface area contributed by atoms with Crippen LogP contribution in [0, 0.1) is 0 Å². The molecule has 58 heavy (non-hydrogen) atoms. The Morgan fingerprint density at radius 1 is 0.707 bits per heavy atom. The van der Waals surface area contributed by atoms with Gasteiger partial charge in [-0.2, -0.15) is 0 Å². The van der Waals surface area contributed by atoms with Crippen molar-refractivity contribution in [3.8, 4) is 0 Å². The molecule has 0 radical (unpaired) electrons. The molecule has 1 aliphatic rings. The van der Waals surface area contributed by atoms with E-state index in [1.165, 1.54) is 4.57 Å². The maximum absolute atomic E-state index is 14.5. The molecule has 318 valence electrons. The number of aromatic nitrogens is 1. The largest absolute Gasteiger partial charge is 0.444 e. The summed E-state index contributed by atoms with van der Waals surface area (Å²) in [5, 5.41) is 44.0. The molecule has 7 N–H and O–H groups in total. The highest BCUT2D eigenvalue weighted by Gasteiger charge is 2.50. The van der Waals surface area contributed by atoms with Gasteiger partial charge in [0.1, 0.15) is 59.4 Å². The van der Waals surface area contributed by atoms with Crippen LogP contribution >= 0.6 is 0 Å². The highest BCUT2D eigenvalue weighted by atomic mass is 16.6. The number of nitrogens with one attached hydrogen (secondary N) is 4. The molecule has 0 aliphatic carbocycles. The lowest BCUT2D eigenvalue weighted by Crippen LogP contribution is -2.68. The van der Waals surface area contributed by atoms with Gasteiger partial charge >= 0.3 is 18.3 Å². The highest BCUT2D eigenvalue weighted by Crippen LogP contribution is 2.26. The molecule has 4 rings (SSSR count). The van der Waals surface area contributed by atoms with Gasteiger partial charge in [-0.05, 0) is 80.0 Å². The minimum Gasteiger partial charge on any atom is -0.444 e. The van der Waals surface area contributed by atoms with Crippen molar-refractivity contribution in [3.05, 3.63) is 71.9 Å². The molecule has 0 saturated carbocycles. The molecule has 2 heterocycles. The van der Waals surface area contributed by atoms with Gasteiger partial charge in [0.05, 0.1) is 5.52 Å². The number of amides is 4. The standard InChI is InChI=1S/C41H57N5O12/c1-39(2,3)56-36(52)43-22-28-30(47)31(48)32(49)33(55-28)29(45-37(53)57-40(4,5)6)35(51)44-26(34(50)42-21-23-15-11-10-12-16-23)20-25-19-24-17-13-14-18-27(24)46(25)38(54)58-41(7,8)9/h10-19,26,28-33,47-49H,20-22H2,1-9H3,(H,42,50)(H,43,52)(H,44,51)(H,45,53)/t26-,28?,29+,30-,31-,32?,33+/m0/s1. The zero-order chi connectivity index (χ0) is 43.2. The van der Waals surface area contributed by atoms with E-state index in [2.05, 4.69) is 21.3 Å². The smallest absolute Gasteiger partial charge is 0.419 e. The maximum atomic E-state index is 14.5. The Labute approximate surface area is 337 Å². The molecule has 7 atom stereocenters. The van der Waals surface area contributed by atoms with Gasteiger partial charge < -0.3 is 55.5 Å². The Morgan fingerprint density at radius 2 is 1.29 bits per heavy atom. The number of ether oxygens (including phenoxy) is 4. The minimum atomic E-state index is -1.97. The summed E-state index contributed by atoms with van der Waals surface area (Å²) >= 11 is 0. The van der Waals surface area contributed by atoms with Crippen LogP contribution in [0.25, 0.3) is 10.9 Å². The third-order valence-corrected chi connectivity index (χ3v) is 8.60. The molecular weight excluding hydrogens is 754 g/mol. The van der Waals surface area contributed by atoms with E-state index in [9.17, 15) is 39.3 Å². The first kappa shape index (κ1) is 45.5. The van der Waals surface area contributed by atoms with Gasteiger partial charge in [-0.25, -0.2) is 19.0 Å². The van der Waals surface area contributed by atoms with E-state index in [1.807, 2.05) is 6.07 Å². The monoisotopic (exact) mass is 811 g/mol. The summed E-state index contributed by atoms with van der Waals surface area (Å²) in [6, 6.07) is 14.4. The van der Waals surface area contributed by atoms with Crippen LogP contribution in [0.4, 0.5) is 14.4 Å². The summed E-state index contributed by atoms with van der Waals surface area (Å²) in [4.78, 5) is 67.9. The molecule has 17 nitrogen and oxygen atoms in total. The SMILES string of the molecule is CC(C)(C)OC(=O)NCC1O[C@H]([C@@H](NC(=O)OC(C)(C)C)C(=O)N[C@@H](Cc2cc3ccccc3n2C(=O)OC(C)(C)C)C(=O)NCc2ccccc2)C(O)[C@@H](O)[C@H]1O. The number of hydrogen-bond donors (Lipinski definition) is 7. The lowest BCUT2D eigenvalue weighted by Gasteiger charge is -2.43. The summed E-state index contributed by atoms with van der Waals surface area (Å²) in [7, 11) is 0. The Bertz CT molecular complexity index is 1910. The lowest BCUT2D eigenvalue weighted by atomic mass is 9.90. The van der Waals surface area contributed by atoms with E-state index in [-0.39, 0.29) is 13.0 Å². The average molecular weight is 812 g/mol. The molecule has 2 aromatic carbocycles. The Kier molecular flexibility index (Phi) is 14.6. The number of aliphatic hydroxyl groups is 3. The van der Waals surface area contributed by atoms with Gasteiger partial charge in [0.15, 0.2) is 0 Å². The van der Waals surface area contributed by atoms with E-state index in [1.54, 1.807) is 117 Å². The van der Waals surface area contributed by atoms with Gasteiger partial charge in [-0.3, -0.25) is 9.59 Å². The second kappa shape index (κ2) is 18.6. The third-order valence-electron chi connectivity index (χ3n) is 8.60. The molecule has 4 amide bonds. The summed E-state index contributed by atoms with van der Waals surface area (Å²) in [6.07, 6.45) is -11.8. The topological polar surface area (TPSA) is 236 Å². The van der Waals surface area contributed by atoms with Crippen LogP contribution in [0.2, 0.25) is 0 Å². The molecule has 0 spiro atoms. The van der Waals surface area contributed by atoms with Crippen molar-refractivity contribution in [2.45, 2.75) is 135 Å². The van der Waals surface area contributed by atoms with Crippen LogP contribution in [-0.4, -0.2) is 116 Å². The Balaban J connectivity index is 1.72. The number of carbonyl (C=O) groups is 5. The second-order valence-electron chi connectivity index (χ2n) is 17.1. The van der Waals surface area contributed by atoms with Crippen molar-refractivity contribution >= 4 is 41.0 Å². The van der Waals surface area contributed by atoms with Crippen molar-refractivity contribution < 1.29 is 58.2 Å². The molecule has 17 heteroatoms. The predicted molar refractivity (Wildman–Crippen MR) is 212 cm³/mol. The number of fused-ring (bicyclic) bond motifs is 1. The normalized spacial score (nSPS) is 20.9. The number of alkyl carbamates (subject to hydrolysis) is 2. The summed E-state index contributed by atoms with van der Waals surface area (Å²) in [5.74, 6) is -1.73. The lowest BCUT2D eigenvalue weighted by molar-refractivity contribution is -0.226. The fourth-order valence-electron chi connectivity index (χ4n) is 6.13. The summed E-state index contributed by atoms with van der Waals surface area (Å²) in [6.45, 7) is 14.5. The van der Waals surface area contributed by atoms with E-state index in [0.29, 0.717) is 16.6 Å². The van der Waals surface area contributed by atoms with Crippen molar-refractivity contribution in [3.63, 3.8) is 0 Å². The zero-order valence-corrected chi connectivity index (χ0v) is 34.4. The molecule has 1 fully saturated rings. The van der Waals surface area contributed by atoms with Crippen LogP contribution in [0.15, 0.2) is 60.7 Å². The van der Waals surface area contributed by atoms with Gasteiger partial charge in [0.25, 0.3) is 0 Å². The van der Waals surface area contributed by atoms with Crippen LogP contribution < -0.4 is 21.3 Å². The van der Waals surface area contributed by atoms with E-state index >= 15 is 0 Å². The number of rotatable bonds is 11. The van der Waals surface area contributed by atoms with E-state index < -0.39 is 96.0 Å². The Hall–Kier alpha value is -5.23. The highest BCUT2D eigenvalue weighted by molar-refractivity contribution is 5.94. The van der Waals surface area contributed by atoms with Gasteiger partial charge in [-0.15, -0.1) is 0 Å². The first-order valence-electron chi connectivity index (χ1n) is 19.0. The van der Waals surface area contributed by atoms with Crippen LogP contribution in [-0.2, 0) is 41.5 Å². The minimum absolute atomic E-state index is 0.0710. The zero-order valence-electron chi connectivity index (χ0n) is 34.4. The van der Waals surface area contributed by atoms with Gasteiger partial charge in [0, 0.05) is 30.6 Å². The second-order valence-corrected chi connectivity index (χ2v) is 17.1. The number of carbonyl (C=O) groups excluding carboxylic acids is 5. The van der Waals surface area contributed by atoms with Crippen molar-refractivity contribution in [2.75, 3.05) is 6.54 Å². The number of hydrogen-bond acceptors (Lipinski definition) is 12.